The van der Waals surface area contributed by atoms with Crippen LogP contribution in [0, 0.1) is 5.92 Å². The largest absolute Gasteiger partial charge is 0.393 e. The minimum atomic E-state index is -4.11. The van der Waals surface area contributed by atoms with Crippen molar-refractivity contribution in [3.63, 3.8) is 0 Å². The molecule has 118 valence electrons. The molecule has 1 fully saturated rings. The highest BCUT2D eigenvalue weighted by atomic mass is 19.4. The molecule has 5 heteroatoms. The summed E-state index contributed by atoms with van der Waals surface area (Å²) in [4.78, 5) is 0. The SMILES string of the molecule is COCc1ccccc1CNC1CCCCC1C(F)(F)F. The molecule has 0 aromatic heterocycles. The minimum absolute atomic E-state index is 0.237. The molecule has 1 aromatic carbocycles. The van der Waals surface area contributed by atoms with Crippen molar-refractivity contribution in [2.45, 2.75) is 51.1 Å². The van der Waals surface area contributed by atoms with E-state index in [1.807, 2.05) is 24.3 Å². The summed E-state index contributed by atoms with van der Waals surface area (Å²) in [7, 11) is 1.62. The highest BCUT2D eigenvalue weighted by Gasteiger charge is 2.45. The van der Waals surface area contributed by atoms with Crippen LogP contribution >= 0.6 is 0 Å². The lowest BCUT2D eigenvalue weighted by atomic mass is 9.84. The van der Waals surface area contributed by atoms with Crippen LogP contribution in [0.5, 0.6) is 0 Å². The average Bonchev–Trinajstić information content (AvgIpc) is 2.46. The first-order valence-electron chi connectivity index (χ1n) is 7.38. The van der Waals surface area contributed by atoms with E-state index >= 15 is 0 Å². The monoisotopic (exact) mass is 301 g/mol. The fraction of sp³-hybridized carbons (Fsp3) is 0.625. The van der Waals surface area contributed by atoms with Crippen LogP contribution in [-0.4, -0.2) is 19.3 Å². The molecule has 2 atom stereocenters. The number of hydrogen-bond donors (Lipinski definition) is 1. The molecule has 0 heterocycles. The third kappa shape index (κ3) is 4.45. The summed E-state index contributed by atoms with van der Waals surface area (Å²) in [5.41, 5.74) is 2.03. The second-order valence-corrected chi connectivity index (χ2v) is 5.62. The maximum absolute atomic E-state index is 13.1. The maximum atomic E-state index is 13.1. The summed E-state index contributed by atoms with van der Waals surface area (Å²) in [6, 6.07) is 7.22. The molecule has 0 radical (unpaired) electrons. The van der Waals surface area contributed by atoms with Gasteiger partial charge in [-0.15, -0.1) is 0 Å². The van der Waals surface area contributed by atoms with Crippen LogP contribution in [0.1, 0.15) is 36.8 Å². The lowest BCUT2D eigenvalue weighted by Crippen LogP contribution is -2.45. The highest BCUT2D eigenvalue weighted by Crippen LogP contribution is 2.37. The number of rotatable bonds is 5. The number of alkyl halides is 3. The Morgan fingerprint density at radius 1 is 1.14 bits per heavy atom. The van der Waals surface area contributed by atoms with Crippen molar-refractivity contribution in [2.75, 3.05) is 7.11 Å². The van der Waals surface area contributed by atoms with E-state index in [2.05, 4.69) is 5.32 Å². The Bertz CT molecular complexity index is 447. The molecule has 21 heavy (non-hydrogen) atoms. The summed E-state index contributed by atoms with van der Waals surface area (Å²) in [6.07, 6.45) is -1.74. The molecule has 0 saturated heterocycles. The lowest BCUT2D eigenvalue weighted by Gasteiger charge is -2.33. The van der Waals surface area contributed by atoms with Crippen LogP contribution in [0.15, 0.2) is 24.3 Å². The second-order valence-electron chi connectivity index (χ2n) is 5.62. The van der Waals surface area contributed by atoms with E-state index in [1.54, 1.807) is 7.11 Å². The predicted octanol–water partition coefficient (Wildman–Crippen LogP) is 4.04. The van der Waals surface area contributed by atoms with Crippen LogP contribution in [-0.2, 0) is 17.9 Å². The van der Waals surface area contributed by atoms with Gasteiger partial charge >= 0.3 is 6.18 Å². The van der Waals surface area contributed by atoms with Crippen molar-refractivity contribution >= 4 is 0 Å². The molecule has 1 aliphatic rings. The van der Waals surface area contributed by atoms with Gasteiger partial charge in [0.1, 0.15) is 0 Å². The second kappa shape index (κ2) is 7.27. The van der Waals surface area contributed by atoms with Crippen LogP contribution < -0.4 is 5.32 Å². The Balaban J connectivity index is 2.01. The summed E-state index contributed by atoms with van der Waals surface area (Å²) < 4.78 is 44.3. The van der Waals surface area contributed by atoms with Crippen LogP contribution in [0.4, 0.5) is 13.2 Å². The van der Waals surface area contributed by atoms with Crippen molar-refractivity contribution < 1.29 is 17.9 Å². The van der Waals surface area contributed by atoms with Gasteiger partial charge in [0.25, 0.3) is 0 Å². The van der Waals surface area contributed by atoms with Gasteiger partial charge in [-0.1, -0.05) is 37.1 Å². The summed E-state index contributed by atoms with van der Waals surface area (Å²) >= 11 is 0. The van der Waals surface area contributed by atoms with Crippen molar-refractivity contribution in [2.24, 2.45) is 5.92 Å². The van der Waals surface area contributed by atoms with Gasteiger partial charge in [-0.2, -0.15) is 13.2 Å². The van der Waals surface area contributed by atoms with Gasteiger partial charge in [0.15, 0.2) is 0 Å². The number of methoxy groups -OCH3 is 1. The zero-order valence-electron chi connectivity index (χ0n) is 12.2. The van der Waals surface area contributed by atoms with Gasteiger partial charge < -0.3 is 10.1 Å². The van der Waals surface area contributed by atoms with Crippen LogP contribution in [0.2, 0.25) is 0 Å². The van der Waals surface area contributed by atoms with Crippen molar-refractivity contribution in [1.29, 1.82) is 0 Å². The molecule has 0 aliphatic heterocycles. The molecule has 0 amide bonds. The molecular weight excluding hydrogens is 279 g/mol. The van der Waals surface area contributed by atoms with Gasteiger partial charge in [-0.25, -0.2) is 0 Å². The van der Waals surface area contributed by atoms with E-state index in [1.165, 1.54) is 0 Å². The number of hydrogen-bond acceptors (Lipinski definition) is 2. The average molecular weight is 301 g/mol. The van der Waals surface area contributed by atoms with Gasteiger partial charge in [0, 0.05) is 19.7 Å². The van der Waals surface area contributed by atoms with E-state index in [0.717, 1.165) is 17.5 Å². The molecule has 1 saturated carbocycles. The maximum Gasteiger partial charge on any atom is 0.393 e. The fourth-order valence-electron chi connectivity index (χ4n) is 3.03. The normalized spacial score (nSPS) is 23.2. The number of benzene rings is 1. The van der Waals surface area contributed by atoms with Gasteiger partial charge in [-0.05, 0) is 24.0 Å². The molecule has 0 bridgehead atoms. The highest BCUT2D eigenvalue weighted by molar-refractivity contribution is 5.26. The van der Waals surface area contributed by atoms with Crippen LogP contribution in [0.3, 0.4) is 0 Å². The number of ether oxygens (including phenoxy) is 1. The lowest BCUT2D eigenvalue weighted by molar-refractivity contribution is -0.189. The molecule has 2 nitrogen and oxygen atoms in total. The Kier molecular flexibility index (Phi) is 5.65. The van der Waals surface area contributed by atoms with Crippen molar-refractivity contribution in [3.8, 4) is 0 Å². The smallest absolute Gasteiger partial charge is 0.380 e. The van der Waals surface area contributed by atoms with Crippen molar-refractivity contribution in [1.82, 2.24) is 5.32 Å². The van der Waals surface area contributed by atoms with Gasteiger partial charge in [0.2, 0.25) is 0 Å². The number of halogens is 3. The minimum Gasteiger partial charge on any atom is -0.380 e. The number of nitrogens with one attached hydrogen (secondary N) is 1. The first-order chi connectivity index (χ1) is 10.0. The molecule has 2 rings (SSSR count). The van der Waals surface area contributed by atoms with E-state index < -0.39 is 18.1 Å². The quantitative estimate of drug-likeness (QED) is 0.886. The first kappa shape index (κ1) is 16.3. The molecule has 1 N–H and O–H groups in total. The molecular formula is C16H22F3NO. The first-order valence-corrected chi connectivity index (χ1v) is 7.38. The summed E-state index contributed by atoms with van der Waals surface area (Å²) in [5.74, 6) is -1.22. The third-order valence-corrected chi connectivity index (χ3v) is 4.16. The Morgan fingerprint density at radius 2 is 1.81 bits per heavy atom. The zero-order valence-corrected chi connectivity index (χ0v) is 12.2. The Hall–Kier alpha value is -1.07. The van der Waals surface area contributed by atoms with Crippen LogP contribution in [0.25, 0.3) is 0 Å². The molecule has 2 unspecified atom stereocenters. The van der Waals surface area contributed by atoms with E-state index in [-0.39, 0.29) is 6.42 Å². The summed E-state index contributed by atoms with van der Waals surface area (Å²) in [5, 5.41) is 3.12. The summed E-state index contributed by atoms with van der Waals surface area (Å²) in [6.45, 7) is 0.933. The Morgan fingerprint density at radius 3 is 2.48 bits per heavy atom. The van der Waals surface area contributed by atoms with E-state index in [0.29, 0.717) is 26.0 Å². The predicted molar refractivity (Wildman–Crippen MR) is 75.8 cm³/mol. The molecule has 1 aliphatic carbocycles. The third-order valence-electron chi connectivity index (χ3n) is 4.16. The topological polar surface area (TPSA) is 21.3 Å². The molecule has 0 spiro atoms. The standard InChI is InChI=1S/C16H22F3NO/c1-21-11-13-7-3-2-6-12(13)10-20-15-9-5-4-8-14(15)16(17,18)19/h2-3,6-7,14-15,20H,4-5,8-11H2,1H3. The zero-order chi connectivity index (χ0) is 15.3. The van der Waals surface area contributed by atoms with Gasteiger partial charge in [0.05, 0.1) is 12.5 Å². The van der Waals surface area contributed by atoms with E-state index in [9.17, 15) is 13.2 Å². The van der Waals surface area contributed by atoms with Crippen molar-refractivity contribution in [3.05, 3.63) is 35.4 Å². The Labute approximate surface area is 123 Å². The fourth-order valence-corrected chi connectivity index (χ4v) is 3.03. The van der Waals surface area contributed by atoms with E-state index in [4.69, 9.17) is 4.74 Å². The molecule has 1 aromatic rings. The van der Waals surface area contributed by atoms with Gasteiger partial charge in [-0.3, -0.25) is 0 Å².